The topological polar surface area (TPSA) is 0 Å². The van der Waals surface area contributed by atoms with Crippen molar-refractivity contribution in [1.82, 2.24) is 0 Å². The molecular weight excluding hydrogens is 384 g/mol. The molecule has 32 heavy (non-hydrogen) atoms. The lowest BCUT2D eigenvalue weighted by Crippen LogP contribution is -1.90. The minimum Gasteiger partial charge on any atom is -0.0619 e. The Kier molecular flexibility index (Phi) is 3.07. The highest BCUT2D eigenvalue weighted by Gasteiger charge is 2.25. The Morgan fingerprint density at radius 3 is 1.88 bits per heavy atom. The maximum absolute atomic E-state index is 2.49. The summed E-state index contributed by atoms with van der Waals surface area (Å²) in [7, 11) is 0. The lowest BCUT2D eigenvalue weighted by molar-refractivity contribution is 1.27. The zero-order valence-corrected chi connectivity index (χ0v) is 17.7. The molecule has 0 saturated carbocycles. The van der Waals surface area contributed by atoms with E-state index in [-0.39, 0.29) is 0 Å². The SMILES string of the molecule is c1ccc2c(c1)Cc1cc3c4ccccc4c4ccc5c(c4c3cc1-2)-c1ccccc1C5. The van der Waals surface area contributed by atoms with Gasteiger partial charge >= 0.3 is 0 Å². The van der Waals surface area contributed by atoms with Crippen LogP contribution in [0.5, 0.6) is 0 Å². The summed E-state index contributed by atoms with van der Waals surface area (Å²) in [5, 5.41) is 8.29. The average Bonchev–Trinajstić information content (AvgIpc) is 3.40. The molecule has 0 aromatic heterocycles. The van der Waals surface area contributed by atoms with Crippen LogP contribution in [-0.2, 0) is 12.8 Å². The van der Waals surface area contributed by atoms with Crippen molar-refractivity contribution in [2.24, 2.45) is 0 Å². The first kappa shape index (κ1) is 16.8. The average molecular weight is 405 g/mol. The summed E-state index contributed by atoms with van der Waals surface area (Å²) in [6.45, 7) is 0. The van der Waals surface area contributed by atoms with Gasteiger partial charge in [-0.2, -0.15) is 0 Å². The van der Waals surface area contributed by atoms with Gasteiger partial charge < -0.3 is 0 Å². The minimum absolute atomic E-state index is 1.03. The van der Waals surface area contributed by atoms with Crippen LogP contribution in [0.2, 0.25) is 0 Å². The summed E-state index contributed by atoms with van der Waals surface area (Å²) in [6.07, 6.45) is 2.06. The summed E-state index contributed by atoms with van der Waals surface area (Å²) in [6, 6.07) is 36.5. The molecule has 0 amide bonds. The van der Waals surface area contributed by atoms with Gasteiger partial charge in [0.05, 0.1) is 0 Å². The first-order chi connectivity index (χ1) is 15.9. The lowest BCUT2D eigenvalue weighted by Gasteiger charge is -2.16. The third kappa shape index (κ3) is 2.03. The highest BCUT2D eigenvalue weighted by atomic mass is 14.3. The van der Waals surface area contributed by atoms with E-state index in [1.807, 2.05) is 0 Å². The van der Waals surface area contributed by atoms with Crippen molar-refractivity contribution in [3.8, 4) is 22.3 Å². The molecule has 2 aliphatic rings. The van der Waals surface area contributed by atoms with E-state index in [0.29, 0.717) is 0 Å². The Labute approximate surface area is 186 Å². The van der Waals surface area contributed by atoms with Crippen molar-refractivity contribution < 1.29 is 0 Å². The van der Waals surface area contributed by atoms with Crippen LogP contribution >= 0.6 is 0 Å². The Balaban J connectivity index is 1.62. The normalized spacial score (nSPS) is 13.4. The van der Waals surface area contributed by atoms with E-state index in [4.69, 9.17) is 0 Å². The Morgan fingerprint density at radius 2 is 1.03 bits per heavy atom. The van der Waals surface area contributed by atoms with E-state index in [0.717, 1.165) is 12.8 Å². The Bertz CT molecular complexity index is 1770. The van der Waals surface area contributed by atoms with Gasteiger partial charge in [0.1, 0.15) is 0 Å². The van der Waals surface area contributed by atoms with E-state index in [1.165, 1.54) is 76.8 Å². The molecule has 0 saturated heterocycles. The van der Waals surface area contributed by atoms with Crippen LogP contribution < -0.4 is 0 Å². The molecule has 8 rings (SSSR count). The van der Waals surface area contributed by atoms with Crippen LogP contribution in [0, 0.1) is 0 Å². The van der Waals surface area contributed by atoms with Crippen molar-refractivity contribution >= 4 is 32.3 Å². The number of benzene rings is 6. The maximum atomic E-state index is 2.49. The fourth-order valence-corrected chi connectivity index (χ4v) is 6.29. The second-order valence-electron chi connectivity index (χ2n) is 9.29. The second kappa shape index (κ2) is 5.87. The largest absolute Gasteiger partial charge is 0.0619 e. The molecule has 0 fully saturated rings. The van der Waals surface area contributed by atoms with E-state index in [2.05, 4.69) is 97.1 Å². The van der Waals surface area contributed by atoms with Crippen molar-refractivity contribution in [2.75, 3.05) is 0 Å². The number of fused-ring (bicyclic) bond motifs is 13. The van der Waals surface area contributed by atoms with Crippen LogP contribution in [0.3, 0.4) is 0 Å². The fourth-order valence-electron chi connectivity index (χ4n) is 6.29. The summed E-state index contributed by atoms with van der Waals surface area (Å²) in [4.78, 5) is 0. The molecule has 6 aromatic carbocycles. The van der Waals surface area contributed by atoms with Gasteiger partial charge in [0.25, 0.3) is 0 Å². The van der Waals surface area contributed by atoms with Crippen LogP contribution in [-0.4, -0.2) is 0 Å². The van der Waals surface area contributed by atoms with Gasteiger partial charge in [-0.3, -0.25) is 0 Å². The molecule has 2 aliphatic carbocycles. The van der Waals surface area contributed by atoms with Gasteiger partial charge in [-0.05, 0) is 102 Å². The molecule has 0 aliphatic heterocycles. The number of hydrogen-bond acceptors (Lipinski definition) is 0. The summed E-state index contributed by atoms with van der Waals surface area (Å²) in [5.41, 5.74) is 11.5. The molecule has 0 N–H and O–H groups in total. The molecule has 148 valence electrons. The molecule has 0 heterocycles. The molecule has 0 spiro atoms. The monoisotopic (exact) mass is 404 g/mol. The minimum atomic E-state index is 1.03. The third-order valence-corrected chi connectivity index (χ3v) is 7.67. The highest BCUT2D eigenvalue weighted by molar-refractivity contribution is 6.29. The summed E-state index contributed by atoms with van der Waals surface area (Å²) >= 11 is 0. The van der Waals surface area contributed by atoms with E-state index < -0.39 is 0 Å². The van der Waals surface area contributed by atoms with Gasteiger partial charge in [0.15, 0.2) is 0 Å². The zero-order chi connectivity index (χ0) is 20.8. The van der Waals surface area contributed by atoms with E-state index >= 15 is 0 Å². The van der Waals surface area contributed by atoms with Gasteiger partial charge in [-0.25, -0.2) is 0 Å². The fraction of sp³-hybridized carbons (Fsp3) is 0.0625. The standard InChI is InChI=1S/C32H20/c1-3-9-23-19(7-1)16-22-17-29-26-12-6-5-11-25(26)27-14-13-21-15-20-8-2-4-10-24(20)31(21)32(27)30(29)18-28(22)23/h1-14,17-18H,15-16H2. The lowest BCUT2D eigenvalue weighted by atomic mass is 9.87. The van der Waals surface area contributed by atoms with Crippen LogP contribution in [0.1, 0.15) is 22.3 Å². The smallest absolute Gasteiger partial charge is 0.00132 e. The quantitative estimate of drug-likeness (QED) is 0.223. The predicted octanol–water partition coefficient (Wildman–Crippen LogP) is 8.29. The summed E-state index contributed by atoms with van der Waals surface area (Å²) in [5.74, 6) is 0. The first-order valence-corrected chi connectivity index (χ1v) is 11.5. The molecule has 0 radical (unpaired) electrons. The van der Waals surface area contributed by atoms with Gasteiger partial charge in [-0.1, -0.05) is 84.9 Å². The Morgan fingerprint density at radius 1 is 0.375 bits per heavy atom. The van der Waals surface area contributed by atoms with Crippen molar-refractivity contribution in [3.05, 3.63) is 119 Å². The van der Waals surface area contributed by atoms with Crippen LogP contribution in [0.15, 0.2) is 97.1 Å². The molecule has 0 heteroatoms. The number of hydrogen-bond donors (Lipinski definition) is 0. The predicted molar refractivity (Wildman–Crippen MR) is 135 cm³/mol. The zero-order valence-electron chi connectivity index (χ0n) is 17.7. The van der Waals surface area contributed by atoms with Crippen molar-refractivity contribution in [3.63, 3.8) is 0 Å². The van der Waals surface area contributed by atoms with Crippen molar-refractivity contribution in [1.29, 1.82) is 0 Å². The molecule has 0 atom stereocenters. The molecule has 0 unspecified atom stereocenters. The summed E-state index contributed by atoms with van der Waals surface area (Å²) < 4.78 is 0. The van der Waals surface area contributed by atoms with Crippen molar-refractivity contribution in [2.45, 2.75) is 12.8 Å². The second-order valence-corrected chi connectivity index (χ2v) is 9.29. The van der Waals surface area contributed by atoms with E-state index in [9.17, 15) is 0 Å². The molecular formula is C32H20. The van der Waals surface area contributed by atoms with Gasteiger partial charge in [0, 0.05) is 0 Å². The third-order valence-electron chi connectivity index (χ3n) is 7.67. The van der Waals surface area contributed by atoms with Gasteiger partial charge in [0.2, 0.25) is 0 Å². The first-order valence-electron chi connectivity index (χ1n) is 11.5. The Hall–Kier alpha value is -3.90. The van der Waals surface area contributed by atoms with Crippen LogP contribution in [0.4, 0.5) is 0 Å². The molecule has 0 bridgehead atoms. The van der Waals surface area contributed by atoms with Crippen LogP contribution in [0.25, 0.3) is 54.6 Å². The number of rotatable bonds is 0. The maximum Gasteiger partial charge on any atom is -0.00132 e. The molecule has 0 nitrogen and oxygen atoms in total. The van der Waals surface area contributed by atoms with Gasteiger partial charge in [-0.15, -0.1) is 0 Å². The van der Waals surface area contributed by atoms with E-state index in [1.54, 1.807) is 0 Å². The highest BCUT2D eigenvalue weighted by Crippen LogP contribution is 2.48. The molecule has 6 aromatic rings.